The molecule has 0 bridgehead atoms. The maximum atomic E-state index is 9.49. The highest BCUT2D eigenvalue weighted by atomic mass is 16.7. The van der Waals surface area contributed by atoms with Crippen molar-refractivity contribution in [1.29, 1.82) is 5.26 Å². The zero-order valence-electron chi connectivity index (χ0n) is 16.6. The largest absolute Gasteiger partial charge is 0.494 e. The molecule has 6 nitrogen and oxygen atoms in total. The van der Waals surface area contributed by atoms with E-state index in [0.717, 1.165) is 31.3 Å². The lowest BCUT2D eigenvalue weighted by Crippen LogP contribution is -2.41. The van der Waals surface area contributed by atoms with Crippen LogP contribution in [0.2, 0.25) is 0 Å². The summed E-state index contributed by atoms with van der Waals surface area (Å²) >= 11 is 0. The fraction of sp³-hybridized carbons (Fsp3) is 0.650. The maximum Gasteiger partial charge on any atom is 0.494 e. The van der Waals surface area contributed by atoms with Crippen LogP contribution in [0.25, 0.3) is 0 Å². The third-order valence-corrected chi connectivity index (χ3v) is 5.43. The number of nitrogens with zero attached hydrogens (tertiary/aromatic N) is 1. The molecule has 3 rings (SSSR count). The smallest absolute Gasteiger partial charge is 0.490 e. The van der Waals surface area contributed by atoms with E-state index in [1.54, 1.807) is 12.1 Å². The van der Waals surface area contributed by atoms with E-state index >= 15 is 0 Å². The van der Waals surface area contributed by atoms with E-state index in [0.29, 0.717) is 24.5 Å². The molecule has 2 saturated heterocycles. The van der Waals surface area contributed by atoms with Gasteiger partial charge in [-0.2, -0.15) is 5.26 Å². The molecule has 2 aliphatic heterocycles. The van der Waals surface area contributed by atoms with Crippen LogP contribution in [0.5, 0.6) is 5.75 Å². The van der Waals surface area contributed by atoms with Gasteiger partial charge in [0.05, 0.1) is 23.4 Å². The lowest BCUT2D eigenvalue weighted by Gasteiger charge is -2.32. The van der Waals surface area contributed by atoms with E-state index < -0.39 is 18.3 Å². The van der Waals surface area contributed by atoms with Gasteiger partial charge in [-0.1, -0.05) is 6.07 Å². The average molecular weight is 373 g/mol. The van der Waals surface area contributed by atoms with Crippen LogP contribution in [-0.2, 0) is 18.8 Å². The topological polar surface area (TPSA) is 69.9 Å². The Labute approximate surface area is 161 Å². The van der Waals surface area contributed by atoms with Crippen LogP contribution in [0.3, 0.4) is 0 Å². The highest BCUT2D eigenvalue weighted by molar-refractivity contribution is 6.62. The van der Waals surface area contributed by atoms with Crippen molar-refractivity contribution in [2.45, 2.75) is 64.4 Å². The van der Waals surface area contributed by atoms with Gasteiger partial charge in [-0.15, -0.1) is 0 Å². The molecule has 0 radical (unpaired) electrons. The van der Waals surface area contributed by atoms with E-state index in [1.165, 1.54) is 0 Å². The summed E-state index contributed by atoms with van der Waals surface area (Å²) in [5.41, 5.74) is 0.427. The van der Waals surface area contributed by atoms with Crippen molar-refractivity contribution >= 4 is 12.6 Å². The molecule has 7 heteroatoms. The van der Waals surface area contributed by atoms with Gasteiger partial charge in [0.2, 0.25) is 0 Å². The van der Waals surface area contributed by atoms with Crippen LogP contribution >= 0.6 is 0 Å². The summed E-state index contributed by atoms with van der Waals surface area (Å²) in [7, 11) is -0.497. The third kappa shape index (κ3) is 4.64. The predicted molar refractivity (Wildman–Crippen MR) is 102 cm³/mol. The second kappa shape index (κ2) is 8.20. The van der Waals surface area contributed by atoms with Crippen LogP contribution in [0.15, 0.2) is 18.2 Å². The quantitative estimate of drug-likeness (QED) is 0.564. The second-order valence-electron chi connectivity index (χ2n) is 7.97. The summed E-state index contributed by atoms with van der Waals surface area (Å²) in [6.45, 7) is 9.57. The fourth-order valence-electron chi connectivity index (χ4n) is 3.06. The zero-order chi connectivity index (χ0) is 19.5. The second-order valence-corrected chi connectivity index (χ2v) is 7.97. The molecule has 0 aliphatic carbocycles. The Morgan fingerprint density at radius 2 is 1.89 bits per heavy atom. The number of nitriles is 1. The summed E-state index contributed by atoms with van der Waals surface area (Å²) in [6.07, 6.45) is 3.01. The first kappa shape index (κ1) is 20.2. The molecule has 27 heavy (non-hydrogen) atoms. The molecule has 1 unspecified atom stereocenters. The summed E-state index contributed by atoms with van der Waals surface area (Å²) in [6, 6.07) is 7.62. The molecule has 1 atom stereocenters. The Kier molecular flexibility index (Phi) is 6.12. The standard InChI is InChI=1S/C20H28BNO5/c1-19(2)20(3,4)27-21(26-19)16-8-9-17(15(13-16)14-22)23-11-12-25-18-7-5-6-10-24-18/h8-9,13,18H,5-7,10-12H2,1-4H3. The van der Waals surface area contributed by atoms with Gasteiger partial charge < -0.3 is 23.5 Å². The van der Waals surface area contributed by atoms with Gasteiger partial charge in [0.15, 0.2) is 6.29 Å². The van der Waals surface area contributed by atoms with Crippen molar-refractivity contribution in [3.63, 3.8) is 0 Å². The van der Waals surface area contributed by atoms with Gasteiger partial charge in [0.25, 0.3) is 0 Å². The van der Waals surface area contributed by atoms with E-state index in [1.807, 2.05) is 33.8 Å². The normalized spacial score (nSPS) is 23.8. The van der Waals surface area contributed by atoms with Crippen LogP contribution in [0.4, 0.5) is 0 Å². The average Bonchev–Trinajstić information content (AvgIpc) is 2.87. The molecule has 0 N–H and O–H groups in total. The van der Waals surface area contributed by atoms with Gasteiger partial charge in [-0.25, -0.2) is 0 Å². The first-order chi connectivity index (χ1) is 12.8. The molecule has 146 valence electrons. The number of hydrogen-bond acceptors (Lipinski definition) is 6. The molecule has 0 amide bonds. The predicted octanol–water partition coefficient (Wildman–Crippen LogP) is 2.78. The van der Waals surface area contributed by atoms with Crippen LogP contribution in [-0.4, -0.2) is 44.4 Å². The Bertz CT molecular complexity index is 678. The molecule has 0 aromatic heterocycles. The van der Waals surface area contributed by atoms with Crippen molar-refractivity contribution in [3.05, 3.63) is 23.8 Å². The monoisotopic (exact) mass is 373 g/mol. The molecular weight excluding hydrogens is 345 g/mol. The van der Waals surface area contributed by atoms with E-state index in [4.69, 9.17) is 23.5 Å². The Hall–Kier alpha value is -1.59. The van der Waals surface area contributed by atoms with Gasteiger partial charge >= 0.3 is 7.12 Å². The van der Waals surface area contributed by atoms with Gasteiger partial charge in [0, 0.05) is 6.61 Å². The number of hydrogen-bond donors (Lipinski definition) is 0. The lowest BCUT2D eigenvalue weighted by molar-refractivity contribution is -0.165. The van der Waals surface area contributed by atoms with Crippen LogP contribution in [0, 0.1) is 11.3 Å². The van der Waals surface area contributed by atoms with Crippen LogP contribution < -0.4 is 10.2 Å². The summed E-state index contributed by atoms with van der Waals surface area (Å²) in [5.74, 6) is 0.533. The van der Waals surface area contributed by atoms with Gasteiger partial charge in [0.1, 0.15) is 18.4 Å². The van der Waals surface area contributed by atoms with Crippen molar-refractivity contribution in [2.75, 3.05) is 19.8 Å². The molecule has 2 aliphatic rings. The molecule has 1 aromatic rings. The molecule has 2 fully saturated rings. The Balaban J connectivity index is 1.57. The van der Waals surface area contributed by atoms with Gasteiger partial charge in [-0.3, -0.25) is 0 Å². The number of rotatable bonds is 6. The summed E-state index contributed by atoms with van der Waals surface area (Å²) in [5, 5.41) is 9.49. The highest BCUT2D eigenvalue weighted by Gasteiger charge is 2.51. The number of ether oxygens (including phenoxy) is 3. The SMILES string of the molecule is CC1(C)OB(c2ccc(OCCOC3CCCCO3)c(C#N)c2)OC1(C)C. The van der Waals surface area contributed by atoms with Crippen molar-refractivity contribution in [1.82, 2.24) is 0 Å². The van der Waals surface area contributed by atoms with E-state index in [2.05, 4.69) is 6.07 Å². The first-order valence-corrected chi connectivity index (χ1v) is 9.58. The Morgan fingerprint density at radius 3 is 2.52 bits per heavy atom. The molecule has 0 saturated carbocycles. The summed E-state index contributed by atoms with van der Waals surface area (Å²) in [4.78, 5) is 0. The fourth-order valence-corrected chi connectivity index (χ4v) is 3.06. The lowest BCUT2D eigenvalue weighted by atomic mass is 9.78. The van der Waals surface area contributed by atoms with Crippen molar-refractivity contribution in [3.8, 4) is 11.8 Å². The minimum atomic E-state index is -0.497. The molecule has 0 spiro atoms. The van der Waals surface area contributed by atoms with Gasteiger partial charge in [-0.05, 0) is 64.6 Å². The molecule has 2 heterocycles. The van der Waals surface area contributed by atoms with E-state index in [-0.39, 0.29) is 6.29 Å². The van der Waals surface area contributed by atoms with Crippen molar-refractivity contribution in [2.24, 2.45) is 0 Å². The van der Waals surface area contributed by atoms with Crippen molar-refractivity contribution < 1.29 is 23.5 Å². The molecular formula is C20H28BNO5. The van der Waals surface area contributed by atoms with Crippen LogP contribution in [0.1, 0.15) is 52.5 Å². The summed E-state index contributed by atoms with van der Waals surface area (Å²) < 4.78 is 29.0. The first-order valence-electron chi connectivity index (χ1n) is 9.58. The van der Waals surface area contributed by atoms with E-state index in [9.17, 15) is 5.26 Å². The maximum absolute atomic E-state index is 9.49. The Morgan fingerprint density at radius 1 is 1.15 bits per heavy atom. The zero-order valence-corrected chi connectivity index (χ0v) is 16.6. The third-order valence-electron chi connectivity index (χ3n) is 5.43. The number of benzene rings is 1. The molecule has 1 aromatic carbocycles. The highest BCUT2D eigenvalue weighted by Crippen LogP contribution is 2.36. The minimum Gasteiger partial charge on any atom is -0.490 e. The minimum absolute atomic E-state index is 0.136.